The first-order valence-electron chi connectivity index (χ1n) is 3.98. The number of thioether (sulfide) groups is 1. The molecule has 3 heteroatoms. The van der Waals surface area contributed by atoms with Crippen LogP contribution in [-0.2, 0) is 0 Å². The van der Waals surface area contributed by atoms with Crippen molar-refractivity contribution in [3.8, 4) is 0 Å². The number of benzene rings is 1. The van der Waals surface area contributed by atoms with Gasteiger partial charge >= 0.3 is 0 Å². The number of aryl methyl sites for hydroxylation is 1. The van der Waals surface area contributed by atoms with Crippen molar-refractivity contribution in [3.63, 3.8) is 0 Å². The molecule has 1 heterocycles. The Morgan fingerprint density at radius 2 is 2.25 bits per heavy atom. The van der Waals surface area contributed by atoms with Gasteiger partial charge in [-0.2, -0.15) is 5.84 Å². The van der Waals surface area contributed by atoms with Gasteiger partial charge in [-0.05, 0) is 18.6 Å². The fraction of sp³-hybridized carbons (Fsp3) is 0.333. The van der Waals surface area contributed by atoms with Crippen molar-refractivity contribution in [2.45, 2.75) is 11.8 Å². The summed E-state index contributed by atoms with van der Waals surface area (Å²) in [6.07, 6.45) is 0. The molecular weight excluding hydrogens is 168 g/mol. The highest BCUT2D eigenvalue weighted by Crippen LogP contribution is 2.40. The maximum atomic E-state index is 6.06. The first kappa shape index (κ1) is 8.10. The molecule has 0 amide bonds. The van der Waals surface area contributed by atoms with E-state index in [-0.39, 0.29) is 0 Å². The molecule has 64 valence electrons. The zero-order valence-corrected chi connectivity index (χ0v) is 8.19. The molecule has 0 fully saturated rings. The fourth-order valence-corrected chi connectivity index (χ4v) is 2.67. The summed E-state index contributed by atoms with van der Waals surface area (Å²) in [7, 11) is 2.04. The largest absolute Gasteiger partial charge is 0.209 e. The molecule has 1 atom stereocenters. The molecule has 1 aromatic rings. The quantitative estimate of drug-likeness (QED) is 0.488. The van der Waals surface area contributed by atoms with Gasteiger partial charge in [0.1, 0.15) is 0 Å². The predicted molar refractivity (Wildman–Crippen MR) is 53.8 cm³/mol. The molecule has 0 bridgehead atoms. The standard InChI is InChI=1S/C9H13N2S/c1-7-3-4-8-9(5-7)12-6-11(8,2)10/h3-5H,6,10H2,1-2H3/q+1. The van der Waals surface area contributed by atoms with E-state index in [0.29, 0.717) is 4.59 Å². The SMILES string of the molecule is Cc1ccc2c(c1)SC[N+]2(C)N. The van der Waals surface area contributed by atoms with Gasteiger partial charge < -0.3 is 0 Å². The maximum absolute atomic E-state index is 6.06. The normalized spacial score (nSPS) is 27.2. The van der Waals surface area contributed by atoms with Crippen molar-refractivity contribution in [3.05, 3.63) is 23.8 Å². The zero-order chi connectivity index (χ0) is 8.77. The molecule has 0 saturated carbocycles. The van der Waals surface area contributed by atoms with Crippen LogP contribution in [0.25, 0.3) is 0 Å². The minimum atomic E-state index is 0.514. The summed E-state index contributed by atoms with van der Waals surface area (Å²) in [6, 6.07) is 6.45. The summed E-state index contributed by atoms with van der Waals surface area (Å²) in [5.74, 6) is 7.00. The Kier molecular flexibility index (Phi) is 1.68. The summed E-state index contributed by atoms with van der Waals surface area (Å²) in [4.78, 5) is 1.33. The number of fused-ring (bicyclic) bond motifs is 1. The lowest BCUT2D eigenvalue weighted by atomic mass is 10.2. The van der Waals surface area contributed by atoms with Crippen LogP contribution in [0.4, 0.5) is 5.69 Å². The molecule has 0 radical (unpaired) electrons. The predicted octanol–water partition coefficient (Wildman–Crippen LogP) is 1.87. The van der Waals surface area contributed by atoms with Crippen LogP contribution in [0.1, 0.15) is 5.56 Å². The third-order valence-corrected chi connectivity index (χ3v) is 3.46. The second kappa shape index (κ2) is 2.49. The summed E-state index contributed by atoms with van der Waals surface area (Å²) >= 11 is 1.84. The van der Waals surface area contributed by atoms with Crippen LogP contribution in [0.3, 0.4) is 0 Å². The summed E-state index contributed by atoms with van der Waals surface area (Å²) < 4.78 is 0.514. The molecule has 1 aliphatic rings. The van der Waals surface area contributed by atoms with Crippen LogP contribution in [0, 0.1) is 6.92 Å². The number of hydrogen-bond acceptors (Lipinski definition) is 2. The third kappa shape index (κ3) is 1.14. The van der Waals surface area contributed by atoms with Gasteiger partial charge in [0.05, 0.1) is 11.9 Å². The number of hydrogen-bond donors (Lipinski definition) is 1. The zero-order valence-electron chi connectivity index (χ0n) is 7.37. The molecule has 2 rings (SSSR count). The Hall–Kier alpha value is -0.510. The topological polar surface area (TPSA) is 26.0 Å². The van der Waals surface area contributed by atoms with Crippen LogP contribution in [-0.4, -0.2) is 12.9 Å². The minimum absolute atomic E-state index is 0.514. The Morgan fingerprint density at radius 3 is 3.00 bits per heavy atom. The third-order valence-electron chi connectivity index (χ3n) is 2.15. The molecule has 0 spiro atoms. The van der Waals surface area contributed by atoms with Crippen LogP contribution >= 0.6 is 11.8 Å². The van der Waals surface area contributed by atoms with Gasteiger partial charge in [0.2, 0.25) is 0 Å². The molecule has 1 unspecified atom stereocenters. The molecule has 0 aromatic heterocycles. The maximum Gasteiger partial charge on any atom is 0.166 e. The smallest absolute Gasteiger partial charge is 0.166 e. The van der Waals surface area contributed by atoms with Crippen LogP contribution < -0.4 is 10.4 Å². The average Bonchev–Trinajstić information content (AvgIpc) is 2.27. The highest BCUT2D eigenvalue weighted by molar-refractivity contribution is 7.99. The first-order valence-corrected chi connectivity index (χ1v) is 4.96. The molecule has 0 saturated heterocycles. The van der Waals surface area contributed by atoms with Crippen molar-refractivity contribution in [1.82, 2.24) is 4.59 Å². The van der Waals surface area contributed by atoms with Crippen LogP contribution in [0.15, 0.2) is 23.1 Å². The first-order chi connectivity index (χ1) is 5.59. The van der Waals surface area contributed by atoms with Gasteiger partial charge in [0.25, 0.3) is 0 Å². The summed E-state index contributed by atoms with van der Waals surface area (Å²) in [6.45, 7) is 2.11. The highest BCUT2D eigenvalue weighted by atomic mass is 32.2. The Labute approximate surface area is 76.9 Å². The summed E-state index contributed by atoms with van der Waals surface area (Å²) in [5.41, 5.74) is 2.55. The van der Waals surface area contributed by atoms with Crippen molar-refractivity contribution in [2.24, 2.45) is 5.84 Å². The fourth-order valence-electron chi connectivity index (χ4n) is 1.43. The second-order valence-electron chi connectivity index (χ2n) is 3.51. The van der Waals surface area contributed by atoms with Gasteiger partial charge in [-0.25, -0.2) is 4.59 Å². The second-order valence-corrected chi connectivity index (χ2v) is 4.50. The van der Waals surface area contributed by atoms with E-state index in [1.807, 2.05) is 18.8 Å². The monoisotopic (exact) mass is 181 g/mol. The van der Waals surface area contributed by atoms with E-state index in [0.717, 1.165) is 5.88 Å². The van der Waals surface area contributed by atoms with E-state index in [4.69, 9.17) is 5.84 Å². The van der Waals surface area contributed by atoms with Crippen LogP contribution in [0.5, 0.6) is 0 Å². The number of quaternary nitrogens is 1. The Morgan fingerprint density at radius 1 is 1.50 bits per heavy atom. The number of nitrogens with zero attached hydrogens (tertiary/aromatic N) is 1. The van der Waals surface area contributed by atoms with Gasteiger partial charge in [-0.3, -0.25) is 0 Å². The van der Waals surface area contributed by atoms with Crippen molar-refractivity contribution < 1.29 is 0 Å². The number of rotatable bonds is 0. The van der Waals surface area contributed by atoms with Crippen molar-refractivity contribution in [1.29, 1.82) is 0 Å². The van der Waals surface area contributed by atoms with Gasteiger partial charge in [0, 0.05) is 6.07 Å². The molecule has 1 aromatic carbocycles. The van der Waals surface area contributed by atoms with Crippen LogP contribution in [0.2, 0.25) is 0 Å². The van der Waals surface area contributed by atoms with E-state index < -0.39 is 0 Å². The molecule has 12 heavy (non-hydrogen) atoms. The van der Waals surface area contributed by atoms with Gasteiger partial charge in [0.15, 0.2) is 11.6 Å². The van der Waals surface area contributed by atoms with E-state index in [1.165, 1.54) is 16.1 Å². The van der Waals surface area contributed by atoms with Gasteiger partial charge in [-0.1, -0.05) is 17.8 Å². The summed E-state index contributed by atoms with van der Waals surface area (Å²) in [5, 5.41) is 0. The lowest BCUT2D eigenvalue weighted by Gasteiger charge is -2.20. The van der Waals surface area contributed by atoms with E-state index in [2.05, 4.69) is 25.1 Å². The molecule has 0 aliphatic carbocycles. The molecular formula is C9H13N2S+. The molecule has 2 N–H and O–H groups in total. The van der Waals surface area contributed by atoms with E-state index >= 15 is 0 Å². The average molecular weight is 181 g/mol. The minimum Gasteiger partial charge on any atom is -0.209 e. The molecule has 2 nitrogen and oxygen atoms in total. The Balaban J connectivity index is 2.55. The highest BCUT2D eigenvalue weighted by Gasteiger charge is 2.31. The lowest BCUT2D eigenvalue weighted by molar-refractivity contribution is 0.406. The van der Waals surface area contributed by atoms with E-state index in [1.54, 1.807) is 0 Å². The van der Waals surface area contributed by atoms with Crippen molar-refractivity contribution in [2.75, 3.05) is 12.9 Å². The lowest BCUT2D eigenvalue weighted by Crippen LogP contribution is -2.49. The van der Waals surface area contributed by atoms with Gasteiger partial charge in [-0.15, -0.1) is 0 Å². The van der Waals surface area contributed by atoms with E-state index in [9.17, 15) is 0 Å². The molecule has 1 aliphatic heterocycles. The van der Waals surface area contributed by atoms with Crippen molar-refractivity contribution >= 4 is 17.4 Å². The number of nitrogens with two attached hydrogens (primary N) is 1. The Bertz CT molecular complexity index is 320.